The van der Waals surface area contributed by atoms with Gasteiger partial charge in [-0.2, -0.15) is 0 Å². The predicted molar refractivity (Wildman–Crippen MR) is 109 cm³/mol. The van der Waals surface area contributed by atoms with Crippen molar-refractivity contribution in [3.63, 3.8) is 0 Å². The Balaban J connectivity index is 1.19. The van der Waals surface area contributed by atoms with Crippen LogP contribution < -0.4 is 5.32 Å². The van der Waals surface area contributed by atoms with Gasteiger partial charge < -0.3 is 19.9 Å². The number of hydrogen-bond donors (Lipinski definition) is 1. The summed E-state index contributed by atoms with van der Waals surface area (Å²) in [5, 5.41) is 2.97. The topological polar surface area (TPSA) is 74.8 Å². The summed E-state index contributed by atoms with van der Waals surface area (Å²) in [6, 6.07) is 4.95. The Hall–Kier alpha value is -1.99. The molecule has 1 saturated carbocycles. The normalized spacial score (nSPS) is 24.3. The van der Waals surface area contributed by atoms with Crippen LogP contribution >= 0.6 is 0 Å². The molecule has 0 bridgehead atoms. The monoisotopic (exact) mass is 400 g/mol. The fraction of sp³-hybridized carbons (Fsp3) is 0.682. The van der Waals surface area contributed by atoms with Gasteiger partial charge in [-0.25, -0.2) is 0 Å². The zero-order valence-corrected chi connectivity index (χ0v) is 17.1. The number of hydrogen-bond acceptors (Lipinski definition) is 5. The first-order valence-corrected chi connectivity index (χ1v) is 11.0. The van der Waals surface area contributed by atoms with E-state index >= 15 is 0 Å². The van der Waals surface area contributed by atoms with Gasteiger partial charge in [-0.05, 0) is 43.7 Å². The molecule has 3 aliphatic rings. The van der Waals surface area contributed by atoms with E-state index in [0.29, 0.717) is 32.0 Å². The molecule has 29 heavy (non-hydrogen) atoms. The van der Waals surface area contributed by atoms with Crippen LogP contribution in [-0.4, -0.2) is 77.6 Å². The van der Waals surface area contributed by atoms with Gasteiger partial charge in [0.15, 0.2) is 0 Å². The summed E-state index contributed by atoms with van der Waals surface area (Å²) in [5.41, 5.74) is 1.06. The van der Waals surface area contributed by atoms with Gasteiger partial charge in [0.05, 0.1) is 6.10 Å². The zero-order chi connectivity index (χ0) is 20.1. The SMILES string of the molecule is O=C(CCc1cccnc1)NCC1CN(C2CCN(C3CCC3)CC2)C(=O)CO1. The maximum atomic E-state index is 12.4. The highest BCUT2D eigenvalue weighted by Gasteiger charge is 2.35. The third-order valence-electron chi connectivity index (χ3n) is 6.58. The molecule has 2 aliphatic heterocycles. The molecule has 2 amide bonds. The summed E-state index contributed by atoms with van der Waals surface area (Å²) in [6.07, 6.45) is 10.6. The van der Waals surface area contributed by atoms with E-state index in [-0.39, 0.29) is 24.5 Å². The van der Waals surface area contributed by atoms with Crippen molar-refractivity contribution in [1.82, 2.24) is 20.1 Å². The molecule has 4 rings (SSSR count). The first-order valence-electron chi connectivity index (χ1n) is 11.0. The smallest absolute Gasteiger partial charge is 0.248 e. The lowest BCUT2D eigenvalue weighted by Gasteiger charge is -2.45. The molecule has 1 aromatic rings. The molecule has 0 radical (unpaired) electrons. The fourth-order valence-corrected chi connectivity index (χ4v) is 4.56. The molecule has 1 aliphatic carbocycles. The molecule has 2 saturated heterocycles. The number of ether oxygens (including phenoxy) is 1. The molecule has 7 heteroatoms. The fourth-order valence-electron chi connectivity index (χ4n) is 4.56. The Bertz CT molecular complexity index is 687. The lowest BCUT2D eigenvalue weighted by molar-refractivity contribution is -0.153. The third-order valence-corrected chi connectivity index (χ3v) is 6.58. The van der Waals surface area contributed by atoms with E-state index in [2.05, 4.69) is 15.2 Å². The number of morpholine rings is 1. The molecule has 1 N–H and O–H groups in total. The zero-order valence-electron chi connectivity index (χ0n) is 17.1. The second kappa shape index (κ2) is 9.67. The van der Waals surface area contributed by atoms with Gasteiger partial charge in [0.2, 0.25) is 11.8 Å². The van der Waals surface area contributed by atoms with Crippen molar-refractivity contribution in [3.8, 4) is 0 Å². The number of carbonyl (C=O) groups excluding carboxylic acids is 2. The standard InChI is InChI=1S/C22H32N4O3/c27-21(7-6-17-3-2-10-23-13-17)24-14-20-15-26(22(28)16-29-20)19-8-11-25(12-9-19)18-4-1-5-18/h2-3,10,13,18-20H,1,4-9,11-12,14-16H2,(H,24,27). The first kappa shape index (κ1) is 20.3. The first-order chi connectivity index (χ1) is 14.2. The average molecular weight is 401 g/mol. The van der Waals surface area contributed by atoms with Crippen LogP contribution in [0.2, 0.25) is 0 Å². The van der Waals surface area contributed by atoms with E-state index < -0.39 is 0 Å². The molecule has 1 atom stereocenters. The lowest BCUT2D eigenvalue weighted by Crippen LogP contribution is -2.57. The van der Waals surface area contributed by atoms with Crippen molar-refractivity contribution in [1.29, 1.82) is 0 Å². The number of rotatable bonds is 7. The molecule has 1 unspecified atom stereocenters. The quantitative estimate of drug-likeness (QED) is 0.748. The second-order valence-corrected chi connectivity index (χ2v) is 8.50. The number of carbonyl (C=O) groups is 2. The highest BCUT2D eigenvalue weighted by Crippen LogP contribution is 2.29. The Morgan fingerprint density at radius 1 is 1.21 bits per heavy atom. The molecular weight excluding hydrogens is 368 g/mol. The average Bonchev–Trinajstić information content (AvgIpc) is 2.72. The van der Waals surface area contributed by atoms with Crippen LogP contribution in [0, 0.1) is 0 Å². The third kappa shape index (κ3) is 5.34. The van der Waals surface area contributed by atoms with Crippen molar-refractivity contribution >= 4 is 11.8 Å². The van der Waals surface area contributed by atoms with Crippen LogP contribution in [0.4, 0.5) is 0 Å². The number of aryl methyl sites for hydroxylation is 1. The molecule has 7 nitrogen and oxygen atoms in total. The van der Waals surface area contributed by atoms with Crippen LogP contribution in [0.1, 0.15) is 44.1 Å². The number of nitrogens with zero attached hydrogens (tertiary/aromatic N) is 3. The second-order valence-electron chi connectivity index (χ2n) is 8.50. The molecule has 3 heterocycles. The van der Waals surface area contributed by atoms with E-state index in [1.165, 1.54) is 19.3 Å². The largest absolute Gasteiger partial charge is 0.365 e. The van der Waals surface area contributed by atoms with Gasteiger partial charge in [0, 0.05) is 57.1 Å². The molecule has 0 spiro atoms. The summed E-state index contributed by atoms with van der Waals surface area (Å²) in [7, 11) is 0. The van der Waals surface area contributed by atoms with Crippen molar-refractivity contribution in [2.24, 2.45) is 0 Å². The highest BCUT2D eigenvalue weighted by molar-refractivity contribution is 5.79. The Labute approximate surface area is 172 Å². The van der Waals surface area contributed by atoms with Crippen LogP contribution in [0.3, 0.4) is 0 Å². The molecule has 1 aromatic heterocycles. The lowest BCUT2D eigenvalue weighted by atomic mass is 9.89. The summed E-state index contributed by atoms with van der Waals surface area (Å²) < 4.78 is 5.68. The summed E-state index contributed by atoms with van der Waals surface area (Å²) in [4.78, 5) is 33.3. The summed E-state index contributed by atoms with van der Waals surface area (Å²) in [5.74, 6) is 0.0981. The number of aromatic nitrogens is 1. The van der Waals surface area contributed by atoms with Gasteiger partial charge in [0.25, 0.3) is 0 Å². The highest BCUT2D eigenvalue weighted by atomic mass is 16.5. The van der Waals surface area contributed by atoms with Crippen molar-refractivity contribution in [3.05, 3.63) is 30.1 Å². The predicted octanol–water partition coefficient (Wildman–Crippen LogP) is 1.37. The molecular formula is C22H32N4O3. The number of amides is 2. The van der Waals surface area contributed by atoms with Crippen LogP contribution in [0.5, 0.6) is 0 Å². The summed E-state index contributed by atoms with van der Waals surface area (Å²) >= 11 is 0. The van der Waals surface area contributed by atoms with E-state index in [0.717, 1.165) is 37.5 Å². The van der Waals surface area contributed by atoms with Gasteiger partial charge in [-0.3, -0.25) is 14.6 Å². The molecule has 158 valence electrons. The van der Waals surface area contributed by atoms with Gasteiger partial charge in [-0.1, -0.05) is 12.5 Å². The van der Waals surface area contributed by atoms with E-state index in [1.54, 1.807) is 12.4 Å². The Kier molecular flexibility index (Phi) is 6.77. The van der Waals surface area contributed by atoms with E-state index in [4.69, 9.17) is 4.74 Å². The van der Waals surface area contributed by atoms with E-state index in [1.807, 2.05) is 17.0 Å². The number of nitrogens with one attached hydrogen (secondary N) is 1. The van der Waals surface area contributed by atoms with E-state index in [9.17, 15) is 9.59 Å². The minimum Gasteiger partial charge on any atom is -0.365 e. The van der Waals surface area contributed by atoms with Crippen LogP contribution in [0.15, 0.2) is 24.5 Å². The van der Waals surface area contributed by atoms with Gasteiger partial charge in [-0.15, -0.1) is 0 Å². The minimum atomic E-state index is -0.125. The summed E-state index contributed by atoms with van der Waals surface area (Å²) in [6.45, 7) is 3.34. The van der Waals surface area contributed by atoms with Gasteiger partial charge >= 0.3 is 0 Å². The number of piperidine rings is 1. The molecule has 3 fully saturated rings. The Morgan fingerprint density at radius 2 is 2.03 bits per heavy atom. The maximum absolute atomic E-state index is 12.4. The van der Waals surface area contributed by atoms with Crippen LogP contribution in [0.25, 0.3) is 0 Å². The molecule has 0 aromatic carbocycles. The minimum absolute atomic E-state index is 0.00899. The Morgan fingerprint density at radius 3 is 2.72 bits per heavy atom. The maximum Gasteiger partial charge on any atom is 0.248 e. The van der Waals surface area contributed by atoms with Crippen molar-refractivity contribution in [2.75, 3.05) is 32.8 Å². The van der Waals surface area contributed by atoms with Crippen molar-refractivity contribution in [2.45, 2.75) is 63.1 Å². The van der Waals surface area contributed by atoms with Crippen LogP contribution in [-0.2, 0) is 20.7 Å². The number of likely N-dealkylation sites (tertiary alicyclic amines) is 1. The van der Waals surface area contributed by atoms with Crippen molar-refractivity contribution < 1.29 is 14.3 Å². The van der Waals surface area contributed by atoms with Gasteiger partial charge in [0.1, 0.15) is 6.61 Å². The number of pyridine rings is 1.